The van der Waals surface area contributed by atoms with Crippen LogP contribution in [0, 0.1) is 11.8 Å². The quantitative estimate of drug-likeness (QED) is 0.676. The number of nitrogens with one attached hydrogen (secondary N) is 2. The Morgan fingerprint density at radius 2 is 1.86 bits per heavy atom. The smallest absolute Gasteiger partial charge is 0.411 e. The average Bonchev–Trinajstić information content (AvgIpc) is 3.04. The summed E-state index contributed by atoms with van der Waals surface area (Å²) >= 11 is 0. The Hall–Kier alpha value is -1.47. The van der Waals surface area contributed by atoms with E-state index in [4.69, 9.17) is 5.11 Å². The molecule has 5 nitrogen and oxygen atoms in total. The molecule has 3 N–H and O–H groups in total. The number of hydrogen-bond donors (Lipinski definition) is 3. The first kappa shape index (κ1) is 17.6. The Labute approximate surface area is 121 Å². The lowest BCUT2D eigenvalue weighted by atomic mass is 9.94. The number of carboxylic acid groups (broad SMARTS) is 1. The molecule has 8 heteroatoms. The average molecular weight is 310 g/mol. The summed E-state index contributed by atoms with van der Waals surface area (Å²) in [4.78, 5) is 22.3. The van der Waals surface area contributed by atoms with Crippen LogP contribution in [0.4, 0.5) is 18.0 Å². The SMILES string of the molecule is CC(C)CC(CNC(=O)NC1(C(F)(F)F)CC1)CC(=O)O. The Morgan fingerprint density at radius 3 is 2.24 bits per heavy atom. The zero-order chi connectivity index (χ0) is 16.3. The van der Waals surface area contributed by atoms with Crippen molar-refractivity contribution in [2.75, 3.05) is 6.54 Å². The van der Waals surface area contributed by atoms with Crippen LogP contribution in [0.1, 0.15) is 39.5 Å². The summed E-state index contributed by atoms with van der Waals surface area (Å²) < 4.78 is 38.0. The number of carbonyl (C=O) groups is 2. The second-order valence-corrected chi connectivity index (χ2v) is 6.01. The fraction of sp³-hybridized carbons (Fsp3) is 0.846. The number of hydrogen-bond acceptors (Lipinski definition) is 2. The summed E-state index contributed by atoms with van der Waals surface area (Å²) in [5.41, 5.74) is -2.10. The summed E-state index contributed by atoms with van der Waals surface area (Å²) in [6.45, 7) is 3.87. The highest BCUT2D eigenvalue weighted by atomic mass is 19.4. The summed E-state index contributed by atoms with van der Waals surface area (Å²) in [7, 11) is 0. The van der Waals surface area contributed by atoms with Crippen molar-refractivity contribution >= 4 is 12.0 Å². The van der Waals surface area contributed by atoms with Crippen molar-refractivity contribution in [1.29, 1.82) is 0 Å². The summed E-state index contributed by atoms with van der Waals surface area (Å²) in [6.07, 6.45) is -4.23. The molecule has 122 valence electrons. The molecule has 1 saturated carbocycles. The molecule has 0 saturated heterocycles. The van der Waals surface area contributed by atoms with Crippen LogP contribution < -0.4 is 10.6 Å². The minimum Gasteiger partial charge on any atom is -0.481 e. The van der Waals surface area contributed by atoms with Crippen molar-refractivity contribution in [3.63, 3.8) is 0 Å². The first-order valence-electron chi connectivity index (χ1n) is 6.90. The van der Waals surface area contributed by atoms with Gasteiger partial charge in [-0.3, -0.25) is 4.79 Å². The number of urea groups is 1. The van der Waals surface area contributed by atoms with Gasteiger partial charge in [-0.2, -0.15) is 13.2 Å². The molecule has 0 aliphatic heterocycles. The van der Waals surface area contributed by atoms with Gasteiger partial charge in [0.15, 0.2) is 0 Å². The lowest BCUT2D eigenvalue weighted by molar-refractivity contribution is -0.162. The number of amides is 2. The summed E-state index contributed by atoms with van der Waals surface area (Å²) in [6, 6.07) is -0.899. The molecule has 2 amide bonds. The Bertz CT molecular complexity index is 393. The second-order valence-electron chi connectivity index (χ2n) is 6.01. The fourth-order valence-electron chi connectivity index (χ4n) is 2.26. The zero-order valence-electron chi connectivity index (χ0n) is 12.1. The predicted molar refractivity (Wildman–Crippen MR) is 69.8 cm³/mol. The minimum atomic E-state index is -4.46. The third-order valence-electron chi connectivity index (χ3n) is 3.46. The third kappa shape index (κ3) is 5.43. The number of halogens is 3. The van der Waals surface area contributed by atoms with Crippen LogP contribution in [-0.4, -0.2) is 35.4 Å². The van der Waals surface area contributed by atoms with Crippen molar-refractivity contribution in [3.05, 3.63) is 0 Å². The Balaban J connectivity index is 2.45. The number of rotatable bonds is 7. The van der Waals surface area contributed by atoms with Gasteiger partial charge in [0.25, 0.3) is 0 Å². The van der Waals surface area contributed by atoms with Gasteiger partial charge in [0.1, 0.15) is 5.54 Å². The van der Waals surface area contributed by atoms with Gasteiger partial charge in [0.05, 0.1) is 0 Å². The maximum absolute atomic E-state index is 12.7. The van der Waals surface area contributed by atoms with Crippen LogP contribution in [0.15, 0.2) is 0 Å². The predicted octanol–water partition coefficient (Wildman–Crippen LogP) is 2.52. The molecule has 1 rings (SSSR count). The van der Waals surface area contributed by atoms with Crippen LogP contribution in [-0.2, 0) is 4.79 Å². The van der Waals surface area contributed by atoms with E-state index in [9.17, 15) is 22.8 Å². The van der Waals surface area contributed by atoms with Crippen molar-refractivity contribution < 1.29 is 27.9 Å². The first-order valence-corrected chi connectivity index (χ1v) is 6.90. The van der Waals surface area contributed by atoms with E-state index in [1.54, 1.807) is 0 Å². The molecule has 0 bridgehead atoms. The van der Waals surface area contributed by atoms with E-state index >= 15 is 0 Å². The molecule has 21 heavy (non-hydrogen) atoms. The van der Waals surface area contributed by atoms with Crippen molar-refractivity contribution in [2.24, 2.45) is 11.8 Å². The molecule has 1 unspecified atom stereocenters. The monoisotopic (exact) mass is 310 g/mol. The highest BCUT2D eigenvalue weighted by molar-refractivity contribution is 5.75. The van der Waals surface area contributed by atoms with Gasteiger partial charge in [0.2, 0.25) is 0 Å². The standard InChI is InChI=1S/C13H21F3N2O3/c1-8(2)5-9(6-10(19)20)7-17-11(21)18-12(3-4-12)13(14,15)16/h8-9H,3-7H2,1-2H3,(H,19,20)(H2,17,18,21). The molecule has 1 fully saturated rings. The van der Waals surface area contributed by atoms with E-state index in [0.29, 0.717) is 6.42 Å². The molecule has 0 aromatic rings. The molecule has 1 aliphatic carbocycles. The first-order chi connectivity index (χ1) is 9.56. The van der Waals surface area contributed by atoms with Crippen LogP contribution in [0.2, 0.25) is 0 Å². The van der Waals surface area contributed by atoms with E-state index < -0.39 is 23.7 Å². The second kappa shape index (κ2) is 6.53. The van der Waals surface area contributed by atoms with Gasteiger partial charge in [-0.15, -0.1) is 0 Å². The topological polar surface area (TPSA) is 78.4 Å². The van der Waals surface area contributed by atoms with Gasteiger partial charge in [0, 0.05) is 13.0 Å². The summed E-state index contributed by atoms with van der Waals surface area (Å²) in [5, 5.41) is 13.1. The highest BCUT2D eigenvalue weighted by Crippen LogP contribution is 2.48. The maximum Gasteiger partial charge on any atom is 0.411 e. The van der Waals surface area contributed by atoms with Gasteiger partial charge in [-0.05, 0) is 31.1 Å². The van der Waals surface area contributed by atoms with Gasteiger partial charge < -0.3 is 15.7 Å². The van der Waals surface area contributed by atoms with E-state index in [1.165, 1.54) is 0 Å². The number of alkyl halides is 3. The normalized spacial score (nSPS) is 18.2. The number of carbonyl (C=O) groups excluding carboxylic acids is 1. The molecule has 0 radical (unpaired) electrons. The molecule has 1 aliphatic rings. The van der Waals surface area contributed by atoms with Crippen LogP contribution in [0.5, 0.6) is 0 Å². The third-order valence-corrected chi connectivity index (χ3v) is 3.46. The van der Waals surface area contributed by atoms with Crippen LogP contribution in [0.25, 0.3) is 0 Å². The van der Waals surface area contributed by atoms with Gasteiger partial charge >= 0.3 is 18.2 Å². The van der Waals surface area contributed by atoms with E-state index in [-0.39, 0.29) is 37.6 Å². The number of carboxylic acids is 1. The molecule has 0 spiro atoms. The highest BCUT2D eigenvalue weighted by Gasteiger charge is 2.64. The molecular formula is C13H21F3N2O3. The maximum atomic E-state index is 12.7. The van der Waals surface area contributed by atoms with Gasteiger partial charge in [-0.1, -0.05) is 13.8 Å². The van der Waals surface area contributed by atoms with Gasteiger partial charge in [-0.25, -0.2) is 4.79 Å². The Morgan fingerprint density at radius 1 is 1.29 bits per heavy atom. The molecule has 0 heterocycles. The van der Waals surface area contributed by atoms with E-state index in [2.05, 4.69) is 5.32 Å². The van der Waals surface area contributed by atoms with Crippen molar-refractivity contribution in [2.45, 2.75) is 51.2 Å². The van der Waals surface area contributed by atoms with Crippen LogP contribution >= 0.6 is 0 Å². The van der Waals surface area contributed by atoms with Crippen molar-refractivity contribution in [3.8, 4) is 0 Å². The van der Waals surface area contributed by atoms with E-state index in [0.717, 1.165) is 0 Å². The Kier molecular flexibility index (Phi) is 5.47. The lowest BCUT2D eigenvalue weighted by Crippen LogP contribution is -2.52. The molecule has 0 aromatic carbocycles. The van der Waals surface area contributed by atoms with E-state index in [1.807, 2.05) is 19.2 Å². The lowest BCUT2D eigenvalue weighted by Gasteiger charge is -2.22. The minimum absolute atomic E-state index is 0.0459. The fourth-order valence-corrected chi connectivity index (χ4v) is 2.26. The molecule has 0 aromatic heterocycles. The molecule has 1 atom stereocenters. The molecular weight excluding hydrogens is 289 g/mol. The number of aliphatic carboxylic acids is 1. The summed E-state index contributed by atoms with van der Waals surface area (Å²) in [5.74, 6) is -1.05. The van der Waals surface area contributed by atoms with Crippen LogP contribution in [0.3, 0.4) is 0 Å². The zero-order valence-corrected chi connectivity index (χ0v) is 12.1. The van der Waals surface area contributed by atoms with Crippen molar-refractivity contribution in [1.82, 2.24) is 10.6 Å². The largest absolute Gasteiger partial charge is 0.481 e.